The van der Waals surface area contributed by atoms with Crippen molar-refractivity contribution < 1.29 is 19.0 Å². The maximum atomic E-state index is 12.6. The Balaban J connectivity index is 2.34. The first-order valence-electron chi connectivity index (χ1n) is 8.50. The normalized spacial score (nSPS) is 11.0. The van der Waals surface area contributed by atoms with Crippen molar-refractivity contribution in [3.8, 4) is 23.3 Å². The fraction of sp³-hybridized carbons (Fsp3) is 0.238. The first kappa shape index (κ1) is 21.1. The van der Waals surface area contributed by atoms with Crippen LogP contribution < -0.4 is 19.5 Å². The van der Waals surface area contributed by atoms with E-state index in [9.17, 15) is 10.1 Å². The molecule has 146 valence electrons. The van der Waals surface area contributed by atoms with Crippen molar-refractivity contribution in [3.05, 3.63) is 52.6 Å². The zero-order valence-corrected chi connectivity index (χ0v) is 16.8. The standard InChI is InChI=1S/C21H21ClN2O4/c1-13(2)28-20-14(6-5-7-19(20)27-4)10-15(12-23)21(25)24-16-8-9-18(26-3)17(22)11-16/h5-11,13H,1-4H3,(H,24,25). The molecule has 0 aliphatic carbocycles. The Hall–Kier alpha value is -3.17. The maximum absolute atomic E-state index is 12.6. The van der Waals surface area contributed by atoms with E-state index in [2.05, 4.69) is 5.32 Å². The molecule has 0 aromatic heterocycles. The number of carbonyl (C=O) groups excluding carboxylic acids is 1. The highest BCUT2D eigenvalue weighted by atomic mass is 35.5. The summed E-state index contributed by atoms with van der Waals surface area (Å²) < 4.78 is 16.2. The average molecular weight is 401 g/mol. The number of nitrogens with zero attached hydrogens (tertiary/aromatic N) is 1. The molecule has 0 fully saturated rings. The van der Waals surface area contributed by atoms with Crippen LogP contribution in [0.15, 0.2) is 42.0 Å². The van der Waals surface area contributed by atoms with Crippen LogP contribution in [-0.2, 0) is 4.79 Å². The summed E-state index contributed by atoms with van der Waals surface area (Å²) in [5.74, 6) is 0.903. The molecule has 0 saturated carbocycles. The SMILES string of the molecule is COc1ccc(NC(=O)C(C#N)=Cc2cccc(OC)c2OC(C)C)cc1Cl. The number of rotatable bonds is 7. The smallest absolute Gasteiger partial charge is 0.266 e. The molecule has 0 heterocycles. The number of ether oxygens (including phenoxy) is 3. The van der Waals surface area contributed by atoms with Crippen LogP contribution in [-0.4, -0.2) is 26.2 Å². The van der Waals surface area contributed by atoms with Crippen LogP contribution >= 0.6 is 11.6 Å². The molecule has 0 radical (unpaired) electrons. The molecule has 0 spiro atoms. The quantitative estimate of drug-likeness (QED) is 0.538. The number of para-hydroxylation sites is 1. The van der Waals surface area contributed by atoms with Crippen molar-refractivity contribution >= 4 is 29.3 Å². The third-order valence-electron chi connectivity index (χ3n) is 3.66. The van der Waals surface area contributed by atoms with Crippen LogP contribution in [0.5, 0.6) is 17.2 Å². The lowest BCUT2D eigenvalue weighted by Gasteiger charge is -2.16. The van der Waals surface area contributed by atoms with Gasteiger partial charge in [0.2, 0.25) is 0 Å². The summed E-state index contributed by atoms with van der Waals surface area (Å²) in [5, 5.41) is 12.5. The van der Waals surface area contributed by atoms with E-state index >= 15 is 0 Å². The molecule has 0 bridgehead atoms. The van der Waals surface area contributed by atoms with Gasteiger partial charge in [0.25, 0.3) is 5.91 Å². The van der Waals surface area contributed by atoms with E-state index in [1.54, 1.807) is 36.4 Å². The molecule has 1 N–H and O–H groups in total. The molecular weight excluding hydrogens is 380 g/mol. The summed E-state index contributed by atoms with van der Waals surface area (Å²) >= 11 is 6.07. The van der Waals surface area contributed by atoms with Gasteiger partial charge in [0.1, 0.15) is 17.4 Å². The molecule has 2 aromatic rings. The summed E-state index contributed by atoms with van der Waals surface area (Å²) in [7, 11) is 3.03. The van der Waals surface area contributed by atoms with Crippen molar-refractivity contribution in [2.75, 3.05) is 19.5 Å². The molecule has 6 nitrogen and oxygen atoms in total. The highest BCUT2D eigenvalue weighted by Crippen LogP contribution is 2.33. The van der Waals surface area contributed by atoms with Crippen molar-refractivity contribution in [3.63, 3.8) is 0 Å². The van der Waals surface area contributed by atoms with Gasteiger partial charge >= 0.3 is 0 Å². The molecule has 1 amide bonds. The second-order valence-electron chi connectivity index (χ2n) is 6.02. The molecule has 7 heteroatoms. The predicted molar refractivity (Wildman–Crippen MR) is 109 cm³/mol. The van der Waals surface area contributed by atoms with Gasteiger partial charge < -0.3 is 19.5 Å². The second kappa shape index (κ2) is 9.67. The first-order chi connectivity index (χ1) is 13.4. The van der Waals surface area contributed by atoms with Crippen molar-refractivity contribution in [2.24, 2.45) is 0 Å². The number of amides is 1. The van der Waals surface area contributed by atoms with Crippen LogP contribution in [0.2, 0.25) is 5.02 Å². The Kier molecular flexibility index (Phi) is 7.30. The van der Waals surface area contributed by atoms with Crippen molar-refractivity contribution in [2.45, 2.75) is 20.0 Å². The zero-order chi connectivity index (χ0) is 20.7. The van der Waals surface area contributed by atoms with Gasteiger partial charge in [-0.2, -0.15) is 5.26 Å². The topological polar surface area (TPSA) is 80.6 Å². The molecule has 2 rings (SSSR count). The minimum Gasteiger partial charge on any atom is -0.495 e. The maximum Gasteiger partial charge on any atom is 0.266 e. The van der Waals surface area contributed by atoms with E-state index in [0.717, 1.165) is 0 Å². The molecule has 0 unspecified atom stereocenters. The van der Waals surface area contributed by atoms with E-state index in [1.165, 1.54) is 20.3 Å². The van der Waals surface area contributed by atoms with Gasteiger partial charge in [0.05, 0.1) is 25.3 Å². The van der Waals surface area contributed by atoms with Gasteiger partial charge in [-0.05, 0) is 44.2 Å². The van der Waals surface area contributed by atoms with Crippen molar-refractivity contribution in [1.82, 2.24) is 0 Å². The predicted octanol–water partition coefficient (Wildman–Crippen LogP) is 4.69. The van der Waals surface area contributed by atoms with Crippen LogP contribution in [0.1, 0.15) is 19.4 Å². The molecule has 0 aliphatic heterocycles. The van der Waals surface area contributed by atoms with Crippen LogP contribution in [0.4, 0.5) is 5.69 Å². The molecule has 28 heavy (non-hydrogen) atoms. The van der Waals surface area contributed by atoms with Gasteiger partial charge in [0.15, 0.2) is 11.5 Å². The average Bonchev–Trinajstić information content (AvgIpc) is 2.66. The monoisotopic (exact) mass is 400 g/mol. The van der Waals surface area contributed by atoms with Gasteiger partial charge in [-0.3, -0.25) is 4.79 Å². The summed E-state index contributed by atoms with van der Waals surface area (Å²) in [6.07, 6.45) is 1.35. The number of nitrogens with one attached hydrogen (secondary N) is 1. The third-order valence-corrected chi connectivity index (χ3v) is 3.95. The zero-order valence-electron chi connectivity index (χ0n) is 16.1. The lowest BCUT2D eigenvalue weighted by atomic mass is 10.1. The van der Waals surface area contributed by atoms with Crippen LogP contribution in [0.3, 0.4) is 0 Å². The minimum atomic E-state index is -0.568. The summed E-state index contributed by atoms with van der Waals surface area (Å²) in [5.41, 5.74) is 0.919. The molecule has 0 saturated heterocycles. The summed E-state index contributed by atoms with van der Waals surface area (Å²) in [4.78, 5) is 12.6. The van der Waals surface area contributed by atoms with E-state index in [0.29, 0.717) is 33.5 Å². The highest BCUT2D eigenvalue weighted by Gasteiger charge is 2.15. The van der Waals surface area contributed by atoms with Gasteiger partial charge in [-0.1, -0.05) is 23.7 Å². The Morgan fingerprint density at radius 1 is 1.18 bits per heavy atom. The largest absolute Gasteiger partial charge is 0.495 e. The number of benzene rings is 2. The second-order valence-corrected chi connectivity index (χ2v) is 6.43. The lowest BCUT2D eigenvalue weighted by molar-refractivity contribution is -0.112. The van der Waals surface area contributed by atoms with E-state index in [4.69, 9.17) is 25.8 Å². The fourth-order valence-electron chi connectivity index (χ4n) is 2.42. The summed E-state index contributed by atoms with van der Waals surface area (Å²) in [6.45, 7) is 3.76. The molecular formula is C21H21ClN2O4. The molecule has 0 atom stereocenters. The highest BCUT2D eigenvalue weighted by molar-refractivity contribution is 6.32. The van der Waals surface area contributed by atoms with E-state index in [-0.39, 0.29) is 11.7 Å². The number of hydrogen-bond donors (Lipinski definition) is 1. The number of halogens is 1. The number of hydrogen-bond acceptors (Lipinski definition) is 5. The first-order valence-corrected chi connectivity index (χ1v) is 8.87. The summed E-state index contributed by atoms with van der Waals surface area (Å²) in [6, 6.07) is 12.0. The number of methoxy groups -OCH3 is 2. The third kappa shape index (κ3) is 5.18. The number of nitriles is 1. The number of carbonyl (C=O) groups is 1. The van der Waals surface area contributed by atoms with Gasteiger partial charge in [0, 0.05) is 11.3 Å². The fourth-order valence-corrected chi connectivity index (χ4v) is 2.67. The Labute approximate surface area is 169 Å². The van der Waals surface area contributed by atoms with Crippen molar-refractivity contribution in [1.29, 1.82) is 5.26 Å². The van der Waals surface area contributed by atoms with E-state index in [1.807, 2.05) is 19.9 Å². The molecule has 2 aromatic carbocycles. The van der Waals surface area contributed by atoms with E-state index < -0.39 is 5.91 Å². The van der Waals surface area contributed by atoms with Gasteiger partial charge in [-0.15, -0.1) is 0 Å². The van der Waals surface area contributed by atoms with Gasteiger partial charge in [-0.25, -0.2) is 0 Å². The Bertz CT molecular complexity index is 932. The molecule has 0 aliphatic rings. The van der Waals surface area contributed by atoms with Crippen LogP contribution in [0.25, 0.3) is 6.08 Å². The minimum absolute atomic E-state index is 0.0891. The Morgan fingerprint density at radius 3 is 2.46 bits per heavy atom. The van der Waals surface area contributed by atoms with Crippen LogP contribution in [0, 0.1) is 11.3 Å². The Morgan fingerprint density at radius 2 is 1.89 bits per heavy atom. The number of anilines is 1. The lowest BCUT2D eigenvalue weighted by Crippen LogP contribution is -2.14.